The lowest BCUT2D eigenvalue weighted by atomic mass is 10.1. The van der Waals surface area contributed by atoms with Crippen LogP contribution in [-0.4, -0.2) is 17.4 Å². The van der Waals surface area contributed by atoms with Gasteiger partial charge in [0, 0.05) is 17.0 Å². The van der Waals surface area contributed by atoms with Crippen molar-refractivity contribution in [3.05, 3.63) is 57.8 Å². The second-order valence-corrected chi connectivity index (χ2v) is 5.84. The van der Waals surface area contributed by atoms with Gasteiger partial charge in [-0.15, -0.1) is 11.3 Å². The molecule has 0 radical (unpaired) electrons. The number of carbonyl (C=O) groups excluding carboxylic acids is 1. The molecule has 0 bridgehead atoms. The van der Waals surface area contributed by atoms with Gasteiger partial charge < -0.3 is 4.90 Å². The van der Waals surface area contributed by atoms with Gasteiger partial charge in [0.25, 0.3) is 5.91 Å². The molecule has 4 heteroatoms. The summed E-state index contributed by atoms with van der Waals surface area (Å²) < 4.78 is 0. The third-order valence-electron chi connectivity index (χ3n) is 3.62. The maximum atomic E-state index is 12.6. The quantitative estimate of drug-likeness (QED) is 0.844. The molecule has 0 unspecified atom stereocenters. The number of rotatable bonds is 2. The zero-order chi connectivity index (χ0) is 13.9. The Balaban J connectivity index is 1.88. The highest BCUT2D eigenvalue weighted by Crippen LogP contribution is 2.35. The third-order valence-corrected chi connectivity index (χ3v) is 4.60. The number of nitrogens with zero attached hydrogens (tertiary/aromatic N) is 2. The van der Waals surface area contributed by atoms with Crippen molar-refractivity contribution in [2.24, 2.45) is 0 Å². The van der Waals surface area contributed by atoms with E-state index in [2.05, 4.69) is 12.1 Å². The summed E-state index contributed by atoms with van der Waals surface area (Å²) in [5, 5.41) is 11.0. The first-order chi connectivity index (χ1) is 9.79. The highest BCUT2D eigenvalue weighted by atomic mass is 32.1. The van der Waals surface area contributed by atoms with E-state index >= 15 is 0 Å². The fourth-order valence-corrected chi connectivity index (χ4v) is 3.55. The van der Waals surface area contributed by atoms with Crippen LogP contribution in [0.5, 0.6) is 0 Å². The highest BCUT2D eigenvalue weighted by Gasteiger charge is 2.31. The molecule has 1 fully saturated rings. The van der Waals surface area contributed by atoms with Crippen molar-refractivity contribution in [2.45, 2.75) is 18.9 Å². The first-order valence-corrected chi connectivity index (χ1v) is 7.52. The van der Waals surface area contributed by atoms with Gasteiger partial charge >= 0.3 is 0 Å². The maximum absolute atomic E-state index is 12.6. The largest absolute Gasteiger partial charge is 0.331 e. The van der Waals surface area contributed by atoms with Crippen molar-refractivity contribution in [1.29, 1.82) is 5.26 Å². The van der Waals surface area contributed by atoms with E-state index in [1.165, 1.54) is 4.88 Å². The van der Waals surface area contributed by atoms with Gasteiger partial charge in [0.2, 0.25) is 0 Å². The van der Waals surface area contributed by atoms with Crippen LogP contribution < -0.4 is 0 Å². The molecule has 100 valence electrons. The summed E-state index contributed by atoms with van der Waals surface area (Å²) in [7, 11) is 0. The van der Waals surface area contributed by atoms with Gasteiger partial charge in [-0.2, -0.15) is 5.26 Å². The Kier molecular flexibility index (Phi) is 3.53. The van der Waals surface area contributed by atoms with E-state index in [0.717, 1.165) is 19.4 Å². The van der Waals surface area contributed by atoms with Crippen LogP contribution in [0.3, 0.4) is 0 Å². The molecule has 20 heavy (non-hydrogen) atoms. The number of nitriles is 1. The minimum atomic E-state index is 0.0259. The van der Waals surface area contributed by atoms with Crippen molar-refractivity contribution >= 4 is 17.2 Å². The van der Waals surface area contributed by atoms with Gasteiger partial charge in [-0.25, -0.2) is 0 Å². The molecule has 2 aromatic rings. The maximum Gasteiger partial charge on any atom is 0.254 e. The number of hydrogen-bond donors (Lipinski definition) is 0. The van der Waals surface area contributed by atoms with Gasteiger partial charge in [-0.3, -0.25) is 4.79 Å². The van der Waals surface area contributed by atoms with Gasteiger partial charge in [-0.05, 0) is 42.5 Å². The van der Waals surface area contributed by atoms with E-state index in [-0.39, 0.29) is 11.9 Å². The first-order valence-electron chi connectivity index (χ1n) is 6.64. The van der Waals surface area contributed by atoms with Crippen LogP contribution in [0, 0.1) is 11.3 Å². The van der Waals surface area contributed by atoms with E-state index in [1.54, 1.807) is 35.6 Å². The van der Waals surface area contributed by atoms with Crippen LogP contribution in [0.2, 0.25) is 0 Å². The average molecular weight is 282 g/mol. The Morgan fingerprint density at radius 2 is 2.25 bits per heavy atom. The zero-order valence-corrected chi connectivity index (χ0v) is 11.8. The standard InChI is InChI=1S/C16H14N2OS/c17-11-12-4-1-5-13(10-12)16(19)18-8-2-6-14(18)15-7-3-9-20-15/h1,3-5,7,9-10,14H,2,6,8H2/t14-/m1/s1. The Bertz CT molecular complexity index is 657. The zero-order valence-electron chi connectivity index (χ0n) is 11.0. The SMILES string of the molecule is N#Cc1cccc(C(=O)N2CCC[C@@H]2c2cccs2)c1. The Morgan fingerprint density at radius 1 is 1.35 bits per heavy atom. The highest BCUT2D eigenvalue weighted by molar-refractivity contribution is 7.10. The molecular weight excluding hydrogens is 268 g/mol. The number of benzene rings is 1. The number of hydrogen-bond acceptors (Lipinski definition) is 3. The third kappa shape index (κ3) is 2.33. The lowest BCUT2D eigenvalue weighted by Gasteiger charge is -2.24. The normalized spacial score (nSPS) is 17.9. The Hall–Kier alpha value is -2.12. The van der Waals surface area contributed by atoms with Gasteiger partial charge in [0.1, 0.15) is 0 Å². The van der Waals surface area contributed by atoms with E-state index in [0.29, 0.717) is 11.1 Å². The van der Waals surface area contributed by atoms with Crippen LogP contribution >= 0.6 is 11.3 Å². The molecule has 0 saturated carbocycles. The van der Waals surface area contributed by atoms with Crippen molar-refractivity contribution in [3.8, 4) is 6.07 Å². The molecule has 1 aromatic carbocycles. The van der Waals surface area contributed by atoms with Crippen LogP contribution in [0.25, 0.3) is 0 Å². The van der Waals surface area contributed by atoms with Crippen molar-refractivity contribution in [1.82, 2.24) is 4.90 Å². The molecule has 2 heterocycles. The smallest absolute Gasteiger partial charge is 0.254 e. The molecule has 1 amide bonds. The summed E-state index contributed by atoms with van der Waals surface area (Å²) in [5.41, 5.74) is 1.13. The molecule has 3 nitrogen and oxygen atoms in total. The van der Waals surface area contributed by atoms with Crippen LogP contribution in [0.15, 0.2) is 41.8 Å². The Labute approximate surface area is 122 Å². The molecule has 1 saturated heterocycles. The van der Waals surface area contributed by atoms with Crippen LogP contribution in [-0.2, 0) is 0 Å². The molecule has 0 N–H and O–H groups in total. The Morgan fingerprint density at radius 3 is 3.00 bits per heavy atom. The summed E-state index contributed by atoms with van der Waals surface area (Å²) in [6.45, 7) is 0.790. The molecule has 3 rings (SSSR count). The summed E-state index contributed by atoms with van der Waals surface area (Å²) >= 11 is 1.70. The summed E-state index contributed by atoms with van der Waals surface area (Å²) in [6.07, 6.45) is 2.05. The summed E-state index contributed by atoms with van der Waals surface area (Å²) in [6, 6.07) is 13.3. The van der Waals surface area contributed by atoms with Gasteiger partial charge in [0.15, 0.2) is 0 Å². The van der Waals surface area contributed by atoms with Crippen molar-refractivity contribution in [2.75, 3.05) is 6.54 Å². The summed E-state index contributed by atoms with van der Waals surface area (Å²) in [5.74, 6) is 0.0259. The second-order valence-electron chi connectivity index (χ2n) is 4.86. The summed E-state index contributed by atoms with van der Waals surface area (Å²) in [4.78, 5) is 15.8. The van der Waals surface area contributed by atoms with E-state index in [9.17, 15) is 4.79 Å². The molecule has 0 aliphatic carbocycles. The lowest BCUT2D eigenvalue weighted by molar-refractivity contribution is 0.0738. The topological polar surface area (TPSA) is 44.1 Å². The van der Waals surface area contributed by atoms with Gasteiger partial charge in [-0.1, -0.05) is 12.1 Å². The lowest BCUT2D eigenvalue weighted by Crippen LogP contribution is -2.30. The first kappa shape index (κ1) is 12.9. The molecule has 1 atom stereocenters. The number of amides is 1. The minimum Gasteiger partial charge on any atom is -0.331 e. The van der Waals surface area contributed by atoms with Crippen molar-refractivity contribution in [3.63, 3.8) is 0 Å². The molecule has 0 spiro atoms. The van der Waals surface area contributed by atoms with Crippen LogP contribution in [0.4, 0.5) is 0 Å². The fraction of sp³-hybridized carbons (Fsp3) is 0.250. The molecule has 1 aliphatic rings. The van der Waals surface area contributed by atoms with Crippen LogP contribution in [0.1, 0.15) is 39.7 Å². The minimum absolute atomic E-state index is 0.0259. The van der Waals surface area contributed by atoms with E-state index in [1.807, 2.05) is 16.3 Å². The van der Waals surface area contributed by atoms with Gasteiger partial charge in [0.05, 0.1) is 17.7 Å². The number of thiophene rings is 1. The number of likely N-dealkylation sites (tertiary alicyclic amines) is 1. The molecular formula is C16H14N2OS. The van der Waals surface area contributed by atoms with E-state index in [4.69, 9.17) is 5.26 Å². The molecule has 1 aliphatic heterocycles. The monoisotopic (exact) mass is 282 g/mol. The predicted molar refractivity (Wildman–Crippen MR) is 78.5 cm³/mol. The average Bonchev–Trinajstić information content (AvgIpc) is 3.16. The second kappa shape index (κ2) is 5.48. The number of carbonyl (C=O) groups is 1. The fourth-order valence-electron chi connectivity index (χ4n) is 2.67. The predicted octanol–water partition coefficient (Wildman–Crippen LogP) is 3.60. The van der Waals surface area contributed by atoms with Crippen molar-refractivity contribution < 1.29 is 4.79 Å². The molecule has 1 aromatic heterocycles. The van der Waals surface area contributed by atoms with E-state index < -0.39 is 0 Å².